The summed E-state index contributed by atoms with van der Waals surface area (Å²) in [4.78, 5) is 4.60. The molecular weight excluding hydrogens is 262 g/mol. The molecule has 87 valence electrons. The van der Waals surface area contributed by atoms with Crippen LogP contribution in [0.3, 0.4) is 0 Å². The molecule has 0 amide bonds. The molecule has 1 nitrogen and oxygen atoms in total. The normalized spacial score (nSPS) is 10.5. The number of nitrogens with zero attached hydrogens (tertiary/aromatic N) is 1. The molecule has 1 heterocycles. The molecular formula is C15H9ClNS. The molecule has 3 aromatic rings. The number of thiazole rings is 1. The van der Waals surface area contributed by atoms with Crippen molar-refractivity contribution in [3.63, 3.8) is 0 Å². The fourth-order valence-corrected chi connectivity index (χ4v) is 2.55. The smallest absolute Gasteiger partial charge is 0.124 e. The van der Waals surface area contributed by atoms with Crippen molar-refractivity contribution in [3.05, 3.63) is 65.0 Å². The Bertz CT molecular complexity index is 644. The van der Waals surface area contributed by atoms with E-state index < -0.39 is 0 Å². The van der Waals surface area contributed by atoms with E-state index in [9.17, 15) is 0 Å². The van der Waals surface area contributed by atoms with E-state index in [1.54, 1.807) is 0 Å². The fourth-order valence-electron chi connectivity index (χ4n) is 1.68. The molecule has 0 saturated heterocycles. The van der Waals surface area contributed by atoms with Crippen molar-refractivity contribution < 1.29 is 0 Å². The van der Waals surface area contributed by atoms with Gasteiger partial charge in [-0.1, -0.05) is 54.1 Å². The van der Waals surface area contributed by atoms with Gasteiger partial charge in [0, 0.05) is 16.1 Å². The summed E-state index contributed by atoms with van der Waals surface area (Å²) in [5.74, 6) is 0. The summed E-state index contributed by atoms with van der Waals surface area (Å²) < 4.78 is 0. The molecule has 2 aromatic carbocycles. The Balaban J connectivity index is 1.97. The first-order valence-electron chi connectivity index (χ1n) is 5.53. The number of benzene rings is 2. The van der Waals surface area contributed by atoms with Crippen LogP contribution in [0.15, 0.2) is 54.6 Å². The number of hydrogen-bond acceptors (Lipinski definition) is 2. The lowest BCUT2D eigenvalue weighted by molar-refractivity contribution is 1.40. The van der Waals surface area contributed by atoms with Crippen LogP contribution in [-0.2, 0) is 0 Å². The van der Waals surface area contributed by atoms with Crippen LogP contribution >= 0.6 is 22.9 Å². The Labute approximate surface area is 115 Å². The van der Waals surface area contributed by atoms with Crippen LogP contribution in [0.1, 0.15) is 0 Å². The summed E-state index contributed by atoms with van der Waals surface area (Å²) in [5.41, 5.74) is 3.03. The van der Waals surface area contributed by atoms with Crippen molar-refractivity contribution in [2.24, 2.45) is 0 Å². The lowest BCUT2D eigenvalue weighted by atomic mass is 10.2. The third kappa shape index (κ3) is 2.30. The average molecular weight is 271 g/mol. The van der Waals surface area contributed by atoms with Gasteiger partial charge in [0.1, 0.15) is 5.01 Å². The monoisotopic (exact) mass is 270 g/mol. The second kappa shape index (κ2) is 4.92. The number of halogens is 1. The summed E-state index contributed by atoms with van der Waals surface area (Å²) >= 11 is 7.40. The van der Waals surface area contributed by atoms with Gasteiger partial charge in [-0.3, -0.25) is 0 Å². The van der Waals surface area contributed by atoms with E-state index >= 15 is 0 Å². The van der Waals surface area contributed by atoms with E-state index in [1.807, 2.05) is 42.5 Å². The zero-order valence-electron chi connectivity index (χ0n) is 9.43. The van der Waals surface area contributed by atoms with Gasteiger partial charge in [0.2, 0.25) is 0 Å². The largest absolute Gasteiger partial charge is 0.235 e. The molecule has 0 aliphatic heterocycles. The maximum Gasteiger partial charge on any atom is 0.124 e. The summed E-state index contributed by atoms with van der Waals surface area (Å²) in [7, 11) is 0. The average Bonchev–Trinajstić information content (AvgIpc) is 2.90. The minimum atomic E-state index is 0.734. The van der Waals surface area contributed by atoms with Crippen LogP contribution in [-0.4, -0.2) is 4.98 Å². The van der Waals surface area contributed by atoms with Gasteiger partial charge in [-0.2, -0.15) is 0 Å². The standard InChI is InChI=1S/C15H9ClNS/c16-13-8-6-11(7-9-13)14-10-18-15(17-14)12-4-2-1-3-5-12/h1-9H. The third-order valence-corrected chi connectivity index (χ3v) is 3.66. The molecule has 0 bridgehead atoms. The van der Waals surface area contributed by atoms with Crippen molar-refractivity contribution in [1.29, 1.82) is 0 Å². The Morgan fingerprint density at radius 3 is 2.33 bits per heavy atom. The summed E-state index contributed by atoms with van der Waals surface area (Å²) in [6.45, 7) is 0. The summed E-state index contributed by atoms with van der Waals surface area (Å²) in [6, 6.07) is 17.8. The maximum atomic E-state index is 5.87. The SMILES string of the molecule is Clc1ccc(-c2[c]sc(-c3ccccc3)n2)cc1. The van der Waals surface area contributed by atoms with E-state index in [4.69, 9.17) is 11.6 Å². The van der Waals surface area contributed by atoms with Crippen molar-refractivity contribution in [2.45, 2.75) is 0 Å². The van der Waals surface area contributed by atoms with Crippen LogP contribution in [0.4, 0.5) is 0 Å². The van der Waals surface area contributed by atoms with Gasteiger partial charge in [0.05, 0.1) is 11.1 Å². The Kier molecular flexibility index (Phi) is 3.13. The minimum Gasteiger partial charge on any atom is -0.235 e. The van der Waals surface area contributed by atoms with Crippen molar-refractivity contribution >= 4 is 22.9 Å². The molecule has 1 aromatic heterocycles. The van der Waals surface area contributed by atoms with Gasteiger partial charge < -0.3 is 0 Å². The molecule has 0 saturated carbocycles. The Morgan fingerprint density at radius 1 is 0.889 bits per heavy atom. The first kappa shape index (κ1) is 11.5. The number of hydrogen-bond donors (Lipinski definition) is 0. The molecule has 0 aliphatic carbocycles. The summed E-state index contributed by atoms with van der Waals surface area (Å²) in [5, 5.41) is 4.95. The van der Waals surface area contributed by atoms with Crippen molar-refractivity contribution in [1.82, 2.24) is 4.98 Å². The van der Waals surface area contributed by atoms with Gasteiger partial charge in [-0.25, -0.2) is 4.98 Å². The van der Waals surface area contributed by atoms with Crippen LogP contribution < -0.4 is 0 Å². The van der Waals surface area contributed by atoms with E-state index in [1.165, 1.54) is 11.3 Å². The van der Waals surface area contributed by atoms with Gasteiger partial charge in [0.15, 0.2) is 0 Å². The molecule has 18 heavy (non-hydrogen) atoms. The van der Waals surface area contributed by atoms with Gasteiger partial charge >= 0.3 is 0 Å². The first-order valence-corrected chi connectivity index (χ1v) is 6.72. The van der Waals surface area contributed by atoms with Crippen molar-refractivity contribution in [2.75, 3.05) is 0 Å². The van der Waals surface area contributed by atoms with Crippen LogP contribution in [0.25, 0.3) is 21.8 Å². The number of rotatable bonds is 2. The summed E-state index contributed by atoms with van der Waals surface area (Å²) in [6.07, 6.45) is 0. The van der Waals surface area contributed by atoms with E-state index in [0.717, 1.165) is 26.9 Å². The lowest BCUT2D eigenvalue weighted by Crippen LogP contribution is -1.79. The zero-order valence-corrected chi connectivity index (χ0v) is 11.0. The molecule has 3 rings (SSSR count). The van der Waals surface area contributed by atoms with E-state index in [-0.39, 0.29) is 0 Å². The van der Waals surface area contributed by atoms with Gasteiger partial charge in [0.25, 0.3) is 0 Å². The van der Waals surface area contributed by atoms with Gasteiger partial charge in [-0.15, -0.1) is 11.3 Å². The predicted molar refractivity (Wildman–Crippen MR) is 76.8 cm³/mol. The molecule has 0 N–H and O–H groups in total. The van der Waals surface area contributed by atoms with E-state index in [2.05, 4.69) is 22.5 Å². The molecule has 3 heteroatoms. The molecule has 0 aliphatic rings. The Hall–Kier alpha value is -1.64. The van der Waals surface area contributed by atoms with Gasteiger partial charge in [-0.05, 0) is 12.1 Å². The number of aromatic nitrogens is 1. The molecule has 0 spiro atoms. The highest BCUT2D eigenvalue weighted by molar-refractivity contribution is 7.13. The predicted octanol–water partition coefficient (Wildman–Crippen LogP) is 4.93. The van der Waals surface area contributed by atoms with Crippen LogP contribution in [0.5, 0.6) is 0 Å². The quantitative estimate of drug-likeness (QED) is 0.643. The maximum absolute atomic E-state index is 5.87. The van der Waals surface area contributed by atoms with Crippen LogP contribution in [0.2, 0.25) is 5.02 Å². The lowest BCUT2D eigenvalue weighted by Gasteiger charge is -1.96. The highest BCUT2D eigenvalue weighted by Gasteiger charge is 2.06. The first-order chi connectivity index (χ1) is 8.83. The van der Waals surface area contributed by atoms with Crippen LogP contribution in [0, 0.1) is 5.38 Å². The highest BCUT2D eigenvalue weighted by Crippen LogP contribution is 2.28. The van der Waals surface area contributed by atoms with Crippen molar-refractivity contribution in [3.8, 4) is 21.8 Å². The molecule has 1 radical (unpaired) electrons. The second-order valence-corrected chi connectivity index (χ2v) is 5.07. The molecule has 0 unspecified atom stereocenters. The zero-order chi connectivity index (χ0) is 12.4. The highest BCUT2D eigenvalue weighted by atomic mass is 35.5. The van der Waals surface area contributed by atoms with E-state index in [0.29, 0.717) is 0 Å². The molecule has 0 fully saturated rings. The third-order valence-electron chi connectivity index (χ3n) is 2.60. The fraction of sp³-hybridized carbons (Fsp3) is 0. The minimum absolute atomic E-state index is 0.734. The topological polar surface area (TPSA) is 12.9 Å². The second-order valence-electron chi connectivity index (χ2n) is 3.84. The molecule has 0 atom stereocenters. The Morgan fingerprint density at radius 2 is 1.61 bits per heavy atom.